The Labute approximate surface area is 139 Å². The van der Waals surface area contributed by atoms with Crippen molar-refractivity contribution in [1.82, 2.24) is 15.4 Å². The van der Waals surface area contributed by atoms with E-state index in [-0.39, 0.29) is 6.04 Å². The average Bonchev–Trinajstić information content (AvgIpc) is 2.51. The van der Waals surface area contributed by atoms with Crippen molar-refractivity contribution in [3.63, 3.8) is 0 Å². The van der Waals surface area contributed by atoms with Crippen molar-refractivity contribution in [2.75, 3.05) is 14.2 Å². The lowest BCUT2D eigenvalue weighted by molar-refractivity contribution is 0.352. The van der Waals surface area contributed by atoms with Gasteiger partial charge in [0.25, 0.3) is 0 Å². The van der Waals surface area contributed by atoms with Crippen molar-refractivity contribution in [3.8, 4) is 11.8 Å². The summed E-state index contributed by atoms with van der Waals surface area (Å²) in [5, 5.41) is 0. The quantitative estimate of drug-likeness (QED) is 0.574. The van der Waals surface area contributed by atoms with E-state index < -0.39 is 0 Å². The Kier molecular flexibility index (Phi) is 5.51. The molecule has 0 radical (unpaired) electrons. The topological polar surface area (TPSA) is 82.3 Å². The highest BCUT2D eigenvalue weighted by Gasteiger charge is 2.22. The normalized spacial score (nSPS) is 12.0. The zero-order valence-corrected chi connectivity index (χ0v) is 14.6. The third-order valence-corrected chi connectivity index (χ3v) is 4.07. The molecule has 2 rings (SSSR count). The van der Waals surface area contributed by atoms with Crippen molar-refractivity contribution in [3.05, 3.63) is 44.6 Å². The van der Waals surface area contributed by atoms with Crippen LogP contribution in [-0.4, -0.2) is 24.2 Å². The van der Waals surface area contributed by atoms with Crippen molar-refractivity contribution in [2.24, 2.45) is 5.84 Å². The molecule has 0 aliphatic heterocycles. The van der Waals surface area contributed by atoms with E-state index in [1.807, 2.05) is 18.2 Å². The molecule has 1 aromatic heterocycles. The van der Waals surface area contributed by atoms with Crippen LogP contribution in [0.3, 0.4) is 0 Å². The molecule has 0 saturated carbocycles. The lowest BCUT2D eigenvalue weighted by Crippen LogP contribution is -2.30. The Hall–Kier alpha value is -1.22. The number of aromatic nitrogens is 2. The fraction of sp³-hybridized carbons (Fsp3) is 0.231. The summed E-state index contributed by atoms with van der Waals surface area (Å²) in [5.74, 6) is 6.44. The van der Waals surface area contributed by atoms with E-state index in [4.69, 9.17) is 15.3 Å². The van der Waals surface area contributed by atoms with Crippen molar-refractivity contribution >= 4 is 31.9 Å². The maximum absolute atomic E-state index is 5.71. The molecule has 1 aromatic carbocycles. The SMILES string of the molecule is COc1cnc(C(NN)c2cc(Br)ccc2Br)c(OC)n1. The predicted molar refractivity (Wildman–Crippen MR) is 86.1 cm³/mol. The molecular weight excluding hydrogens is 404 g/mol. The molecule has 8 heteroatoms. The number of nitrogens with one attached hydrogen (secondary N) is 1. The fourth-order valence-electron chi connectivity index (χ4n) is 1.86. The number of ether oxygens (including phenoxy) is 2. The number of hydrogen-bond acceptors (Lipinski definition) is 6. The first kappa shape index (κ1) is 16.2. The van der Waals surface area contributed by atoms with Crippen LogP contribution in [0.2, 0.25) is 0 Å². The number of methoxy groups -OCH3 is 2. The van der Waals surface area contributed by atoms with E-state index in [1.54, 1.807) is 0 Å². The van der Waals surface area contributed by atoms with Crippen LogP contribution in [0, 0.1) is 0 Å². The summed E-state index contributed by atoms with van der Waals surface area (Å²) >= 11 is 6.96. The molecule has 0 fully saturated rings. The van der Waals surface area contributed by atoms with E-state index in [0.29, 0.717) is 17.5 Å². The molecule has 0 saturated heterocycles. The van der Waals surface area contributed by atoms with Gasteiger partial charge < -0.3 is 9.47 Å². The van der Waals surface area contributed by atoms with Crippen molar-refractivity contribution in [2.45, 2.75) is 6.04 Å². The Bertz CT molecular complexity index is 640. The largest absolute Gasteiger partial charge is 0.480 e. The zero-order valence-electron chi connectivity index (χ0n) is 11.4. The van der Waals surface area contributed by atoms with Crippen LogP contribution in [0.4, 0.5) is 0 Å². The second-order valence-corrected chi connectivity index (χ2v) is 5.84. The highest BCUT2D eigenvalue weighted by Crippen LogP contribution is 2.33. The monoisotopic (exact) mass is 416 g/mol. The van der Waals surface area contributed by atoms with E-state index in [0.717, 1.165) is 14.5 Å². The minimum absolute atomic E-state index is 0.351. The smallest absolute Gasteiger partial charge is 0.240 e. The van der Waals surface area contributed by atoms with Gasteiger partial charge in [0.15, 0.2) is 0 Å². The van der Waals surface area contributed by atoms with Gasteiger partial charge in [-0.1, -0.05) is 31.9 Å². The summed E-state index contributed by atoms with van der Waals surface area (Å²) in [7, 11) is 3.04. The summed E-state index contributed by atoms with van der Waals surface area (Å²) in [6, 6.07) is 5.41. The number of hydrogen-bond donors (Lipinski definition) is 2. The van der Waals surface area contributed by atoms with Gasteiger partial charge in [0.05, 0.1) is 26.5 Å². The molecule has 0 spiro atoms. The first-order chi connectivity index (χ1) is 10.1. The Morgan fingerprint density at radius 3 is 2.62 bits per heavy atom. The van der Waals surface area contributed by atoms with Gasteiger partial charge in [0, 0.05) is 8.95 Å². The average molecular weight is 418 g/mol. The van der Waals surface area contributed by atoms with Crippen molar-refractivity contribution in [1.29, 1.82) is 0 Å². The zero-order chi connectivity index (χ0) is 15.4. The van der Waals surface area contributed by atoms with Gasteiger partial charge in [-0.05, 0) is 23.8 Å². The lowest BCUT2D eigenvalue weighted by Gasteiger charge is -2.19. The summed E-state index contributed by atoms with van der Waals surface area (Å²) in [6.07, 6.45) is 1.52. The van der Waals surface area contributed by atoms with Crippen LogP contribution in [-0.2, 0) is 0 Å². The van der Waals surface area contributed by atoms with Crippen LogP contribution in [0.1, 0.15) is 17.3 Å². The minimum atomic E-state index is -0.384. The Morgan fingerprint density at radius 2 is 2.00 bits per heavy atom. The third kappa shape index (κ3) is 3.52. The molecule has 21 heavy (non-hydrogen) atoms. The Balaban J connectivity index is 2.53. The number of benzene rings is 1. The highest BCUT2D eigenvalue weighted by molar-refractivity contribution is 9.11. The van der Waals surface area contributed by atoms with Crippen LogP contribution in [0.5, 0.6) is 11.8 Å². The molecule has 1 unspecified atom stereocenters. The van der Waals surface area contributed by atoms with E-state index >= 15 is 0 Å². The van der Waals surface area contributed by atoms with E-state index in [9.17, 15) is 0 Å². The number of nitrogens with two attached hydrogens (primary N) is 1. The number of nitrogens with zero attached hydrogens (tertiary/aromatic N) is 2. The molecular formula is C13H14Br2N4O2. The van der Waals surface area contributed by atoms with Crippen LogP contribution in [0.25, 0.3) is 0 Å². The second kappa shape index (κ2) is 7.17. The molecule has 0 bridgehead atoms. The molecule has 0 aliphatic rings. The second-order valence-electron chi connectivity index (χ2n) is 4.07. The van der Waals surface area contributed by atoms with Gasteiger partial charge in [-0.2, -0.15) is 4.98 Å². The first-order valence-corrected chi connectivity index (χ1v) is 7.55. The molecule has 0 amide bonds. The first-order valence-electron chi connectivity index (χ1n) is 5.96. The summed E-state index contributed by atoms with van der Waals surface area (Å²) in [5.41, 5.74) is 4.22. The number of hydrazine groups is 1. The van der Waals surface area contributed by atoms with Crippen LogP contribution >= 0.6 is 31.9 Å². The van der Waals surface area contributed by atoms with E-state index in [1.165, 1.54) is 20.4 Å². The third-order valence-electron chi connectivity index (χ3n) is 2.86. The van der Waals surface area contributed by atoms with Gasteiger partial charge in [-0.15, -0.1) is 0 Å². The minimum Gasteiger partial charge on any atom is -0.480 e. The highest BCUT2D eigenvalue weighted by atomic mass is 79.9. The maximum atomic E-state index is 5.71. The van der Waals surface area contributed by atoms with Gasteiger partial charge in [0.2, 0.25) is 11.8 Å². The fourth-order valence-corrected chi connectivity index (χ4v) is 2.72. The summed E-state index contributed by atoms with van der Waals surface area (Å²) in [6.45, 7) is 0. The molecule has 0 aliphatic carbocycles. The Morgan fingerprint density at radius 1 is 1.24 bits per heavy atom. The molecule has 3 N–H and O–H groups in total. The molecule has 6 nitrogen and oxygen atoms in total. The molecule has 1 heterocycles. The lowest BCUT2D eigenvalue weighted by atomic mass is 10.0. The number of rotatable bonds is 5. The van der Waals surface area contributed by atoms with Gasteiger partial charge in [-0.3, -0.25) is 5.84 Å². The van der Waals surface area contributed by atoms with E-state index in [2.05, 4.69) is 47.3 Å². The summed E-state index contributed by atoms with van der Waals surface area (Å²) in [4.78, 5) is 8.57. The maximum Gasteiger partial charge on any atom is 0.240 e. The van der Waals surface area contributed by atoms with Crippen LogP contribution < -0.4 is 20.7 Å². The predicted octanol–water partition coefficient (Wildman–Crippen LogP) is 2.57. The number of halogens is 2. The van der Waals surface area contributed by atoms with Crippen molar-refractivity contribution < 1.29 is 9.47 Å². The van der Waals surface area contributed by atoms with Gasteiger partial charge in [0.1, 0.15) is 5.69 Å². The van der Waals surface area contributed by atoms with Gasteiger partial charge in [-0.25, -0.2) is 10.4 Å². The standard InChI is InChI=1S/C13H14Br2N4O2/c1-20-10-6-17-12(13(18-10)21-2)11(19-16)8-5-7(14)3-4-9(8)15/h3-6,11,19H,16H2,1-2H3. The molecule has 112 valence electrons. The van der Waals surface area contributed by atoms with Gasteiger partial charge >= 0.3 is 0 Å². The summed E-state index contributed by atoms with van der Waals surface area (Å²) < 4.78 is 12.2. The molecule has 2 aromatic rings. The molecule has 1 atom stereocenters. The van der Waals surface area contributed by atoms with Crippen LogP contribution in [0.15, 0.2) is 33.3 Å².